The van der Waals surface area contributed by atoms with Gasteiger partial charge in [0, 0.05) is 0 Å². The second-order valence-electron chi connectivity index (χ2n) is 19.5. The van der Waals surface area contributed by atoms with Crippen molar-refractivity contribution in [2.24, 2.45) is 10.8 Å². The second kappa shape index (κ2) is 25.2. The van der Waals surface area contributed by atoms with Crippen LogP contribution < -0.4 is 9.79 Å². The highest BCUT2D eigenvalue weighted by Crippen LogP contribution is 2.49. The van der Waals surface area contributed by atoms with Gasteiger partial charge in [0.1, 0.15) is 24.4 Å². The lowest BCUT2D eigenvalue weighted by molar-refractivity contribution is -0.233. The Morgan fingerprint density at radius 2 is 0.986 bits per heavy atom. The molecule has 0 radical (unpaired) electrons. The Morgan fingerprint density at radius 3 is 1.34 bits per heavy atom. The molecule has 0 aromatic carbocycles. The summed E-state index contributed by atoms with van der Waals surface area (Å²) in [7, 11) is -10.3. The van der Waals surface area contributed by atoms with Gasteiger partial charge in [0.25, 0.3) is 15.6 Å². The minimum atomic E-state index is -5.18. The maximum atomic E-state index is 13.3. The topological polar surface area (TPSA) is 308 Å². The standard InChI is InChI=1S/C53H68O19P2/c1-30(18-14-20-32(3)22-24-37-34(5)43(56)41(26-52(37,8)9)71-73(63,64)67-28-39(54)49-46(59)45(58)36(7)69-49)16-12-13-17-31(2)19-15-21-33(4)23-25-38-35(6)44(57)42(27-53(38,10)11)72-74(65,66)68-29-40(55)50-47(60)48(61)51(62)70-50/h12-25,39-42,49-50,54-55,58-61H,7,26-29H2,1-6,8-11H3,(H,63,64)(H,65,66)/p-2/b13-12+,18-14+,19-15+,24-22+,25-23+,30-16+,31-17+,32-20+,33-21+/t39-,40-,41?,42?,49+,50+/m0/s1. The summed E-state index contributed by atoms with van der Waals surface area (Å²) in [6.07, 6.45) is 16.9. The first-order chi connectivity index (χ1) is 34.3. The van der Waals surface area contributed by atoms with E-state index in [-0.39, 0.29) is 18.6 Å². The molecule has 4 rings (SSSR count). The highest BCUT2D eigenvalue weighted by atomic mass is 31.2. The van der Waals surface area contributed by atoms with Crippen molar-refractivity contribution < 1.29 is 91.5 Å². The molecule has 0 aromatic rings. The van der Waals surface area contributed by atoms with E-state index in [9.17, 15) is 63.9 Å². The third-order valence-corrected chi connectivity index (χ3v) is 14.2. The van der Waals surface area contributed by atoms with Crippen LogP contribution in [-0.2, 0) is 51.1 Å². The smallest absolute Gasteiger partial charge is 0.377 e. The fraction of sp³-hybridized carbons (Fsp3) is 0.415. The van der Waals surface area contributed by atoms with Crippen LogP contribution in [0, 0.1) is 10.8 Å². The average Bonchev–Trinajstić information content (AvgIpc) is 3.72. The number of phosphoric ester groups is 2. The van der Waals surface area contributed by atoms with Gasteiger partial charge in [-0.2, -0.15) is 0 Å². The molecule has 4 unspecified atom stereocenters. The van der Waals surface area contributed by atoms with Gasteiger partial charge in [-0.05, 0) is 87.5 Å². The highest BCUT2D eigenvalue weighted by molar-refractivity contribution is 7.46. The fourth-order valence-corrected chi connectivity index (χ4v) is 9.91. The molecular formula is C53H66O19P2-2. The van der Waals surface area contributed by atoms with Gasteiger partial charge in [-0.15, -0.1) is 0 Å². The van der Waals surface area contributed by atoms with E-state index in [1.807, 2.05) is 140 Å². The summed E-state index contributed by atoms with van der Waals surface area (Å²) >= 11 is 0. The Labute approximate surface area is 431 Å². The monoisotopic (exact) mass is 1070 g/mol. The van der Waals surface area contributed by atoms with Crippen LogP contribution in [0.5, 0.6) is 0 Å². The first-order valence-electron chi connectivity index (χ1n) is 23.3. The number of aliphatic hydroxyl groups is 6. The first-order valence-corrected chi connectivity index (χ1v) is 26.2. The van der Waals surface area contributed by atoms with Crippen LogP contribution in [0.3, 0.4) is 0 Å². The third-order valence-electron chi connectivity index (χ3n) is 12.3. The molecule has 4 aliphatic rings. The molecule has 0 spiro atoms. The largest absolute Gasteiger partial charge is 0.756 e. The lowest BCUT2D eigenvalue weighted by Crippen LogP contribution is -2.38. The fourth-order valence-electron chi connectivity index (χ4n) is 8.15. The number of aliphatic hydroxyl groups excluding tert-OH is 6. The molecule has 0 bridgehead atoms. The minimum absolute atomic E-state index is 0.00647. The molecule has 0 amide bonds. The van der Waals surface area contributed by atoms with Crippen LogP contribution >= 0.6 is 15.6 Å². The summed E-state index contributed by atoms with van der Waals surface area (Å²) in [6.45, 7) is 19.7. The number of Topliss-reactive ketones (excluding diaryl/α,β-unsaturated/α-hetero) is 2. The van der Waals surface area contributed by atoms with E-state index in [1.54, 1.807) is 13.8 Å². The number of hydrogen-bond donors (Lipinski definition) is 6. The van der Waals surface area contributed by atoms with Crippen LogP contribution in [0.15, 0.2) is 165 Å². The van der Waals surface area contributed by atoms with Gasteiger partial charge in [0.15, 0.2) is 46.8 Å². The molecule has 2 aliphatic carbocycles. The van der Waals surface area contributed by atoms with Crippen LogP contribution in [0.1, 0.15) is 82.1 Å². The van der Waals surface area contributed by atoms with Gasteiger partial charge >= 0.3 is 5.97 Å². The van der Waals surface area contributed by atoms with E-state index >= 15 is 0 Å². The Kier molecular flexibility index (Phi) is 20.7. The van der Waals surface area contributed by atoms with Crippen molar-refractivity contribution in [2.45, 2.75) is 119 Å². The lowest BCUT2D eigenvalue weighted by atomic mass is 9.71. The number of allylic oxidation sites excluding steroid dienone is 20. The van der Waals surface area contributed by atoms with Crippen molar-refractivity contribution in [1.82, 2.24) is 0 Å². The molecule has 8 atom stereocenters. The van der Waals surface area contributed by atoms with E-state index in [1.165, 1.54) is 0 Å². The van der Waals surface area contributed by atoms with Gasteiger partial charge in [0.2, 0.25) is 5.76 Å². The average molecular weight is 1070 g/mol. The number of ether oxygens (including phenoxy) is 2. The summed E-state index contributed by atoms with van der Waals surface area (Å²) < 4.78 is 54.8. The number of rotatable bonds is 22. The van der Waals surface area contributed by atoms with Crippen molar-refractivity contribution in [3.63, 3.8) is 0 Å². The molecule has 0 fully saturated rings. The number of ketones is 2. The summed E-state index contributed by atoms with van der Waals surface area (Å²) in [6, 6.07) is 0. The summed E-state index contributed by atoms with van der Waals surface area (Å²) in [5.41, 5.74) is 4.37. The summed E-state index contributed by atoms with van der Waals surface area (Å²) in [4.78, 5) is 63.3. The van der Waals surface area contributed by atoms with Gasteiger partial charge < -0.3 is 68.0 Å². The molecule has 0 aromatic heterocycles. The van der Waals surface area contributed by atoms with E-state index in [0.717, 1.165) is 22.3 Å². The molecule has 0 saturated carbocycles. The van der Waals surface area contributed by atoms with Crippen molar-refractivity contribution in [3.8, 4) is 0 Å². The molecule has 404 valence electrons. The summed E-state index contributed by atoms with van der Waals surface area (Å²) in [5, 5.41) is 59.2. The number of carbonyl (C=O) groups excluding carboxylic acids is 3. The summed E-state index contributed by atoms with van der Waals surface area (Å²) in [5.74, 6) is -6.17. The molecule has 0 saturated heterocycles. The van der Waals surface area contributed by atoms with E-state index in [4.69, 9.17) is 22.8 Å². The molecule has 2 heterocycles. The van der Waals surface area contributed by atoms with Crippen LogP contribution in [0.2, 0.25) is 0 Å². The zero-order chi connectivity index (χ0) is 55.7. The molecule has 74 heavy (non-hydrogen) atoms. The van der Waals surface area contributed by atoms with E-state index in [2.05, 4.69) is 11.3 Å². The second-order valence-corrected chi connectivity index (χ2v) is 22.2. The number of carbonyl (C=O) groups is 3. The predicted octanol–water partition coefficient (Wildman–Crippen LogP) is 8.14. The SMILES string of the molecule is C=C1O[C@H]([C@@H](O)COP(=O)([O-])OC2CC(C)(C)C(/C=C/C(C)=C/C=C/C(C)=C/C=C/C=C(C)/C=C/C=C(C)/C=C/C3=C(C)C(=O)C(OP(=O)([O-])OC[C@H](O)[C@H]4OC(=O)C(O)=C4O)CC3(C)C)=C(C)C2=O)C(O)=C1O. The zero-order valence-corrected chi connectivity index (χ0v) is 44.8. The number of phosphoric acid groups is 2. The van der Waals surface area contributed by atoms with E-state index in [0.29, 0.717) is 22.3 Å². The van der Waals surface area contributed by atoms with Crippen LogP contribution in [0.25, 0.3) is 0 Å². The van der Waals surface area contributed by atoms with Gasteiger partial charge in [-0.25, -0.2) is 4.79 Å². The van der Waals surface area contributed by atoms with Crippen molar-refractivity contribution >= 4 is 33.2 Å². The van der Waals surface area contributed by atoms with Crippen molar-refractivity contribution in [3.05, 3.63) is 165 Å². The van der Waals surface area contributed by atoms with Gasteiger partial charge in [0.05, 0.1) is 13.2 Å². The predicted molar refractivity (Wildman–Crippen MR) is 270 cm³/mol. The van der Waals surface area contributed by atoms with Gasteiger partial charge in [-0.3, -0.25) is 18.7 Å². The maximum Gasteiger partial charge on any atom is 0.377 e. The molecule has 19 nitrogen and oxygen atoms in total. The van der Waals surface area contributed by atoms with Gasteiger partial charge in [-0.1, -0.05) is 142 Å². The zero-order valence-electron chi connectivity index (χ0n) is 43.0. The number of cyclic esters (lactones) is 1. The molecular weight excluding hydrogens is 1000 g/mol. The first kappa shape index (κ1) is 60.9. The maximum absolute atomic E-state index is 13.3. The number of esters is 1. The Hall–Kier alpha value is -5.69. The molecule has 6 N–H and O–H groups in total. The number of hydrogen-bond acceptors (Lipinski definition) is 19. The highest BCUT2D eigenvalue weighted by Gasteiger charge is 2.44. The Morgan fingerprint density at radius 1 is 0.635 bits per heavy atom. The molecule has 2 aliphatic heterocycles. The molecule has 21 heteroatoms. The normalized spacial score (nSPS) is 26.2. The Bertz CT molecular complexity index is 2560. The van der Waals surface area contributed by atoms with Crippen LogP contribution in [0.4, 0.5) is 0 Å². The Balaban J connectivity index is 1.26. The van der Waals surface area contributed by atoms with Crippen molar-refractivity contribution in [2.75, 3.05) is 13.2 Å². The quantitative estimate of drug-likeness (QED) is 0.0338. The lowest BCUT2D eigenvalue weighted by Gasteiger charge is -2.38. The van der Waals surface area contributed by atoms with Crippen molar-refractivity contribution in [1.29, 1.82) is 0 Å². The van der Waals surface area contributed by atoms with Crippen LogP contribution in [-0.4, -0.2) is 98.0 Å². The van der Waals surface area contributed by atoms with E-state index < -0.39 is 117 Å². The minimum Gasteiger partial charge on any atom is -0.756 e. The third kappa shape index (κ3) is 16.4.